The lowest BCUT2D eigenvalue weighted by Crippen LogP contribution is -2.20. The molecule has 0 saturated carbocycles. The number of aryl methyl sites for hydroxylation is 1. The Balaban J connectivity index is 2.58. The number of carbonyl (C=O) groups is 1. The summed E-state index contributed by atoms with van der Waals surface area (Å²) < 4.78 is 1.85. The average Bonchev–Trinajstić information content (AvgIpc) is 2.54. The zero-order valence-electron chi connectivity index (χ0n) is 9.17. The molecule has 2 rings (SSSR count). The Kier molecular flexibility index (Phi) is 2.47. The molecular weight excluding hydrogens is 222 g/mol. The van der Waals surface area contributed by atoms with Crippen LogP contribution in [0.25, 0.3) is 11.0 Å². The first-order chi connectivity index (χ1) is 8.04. The maximum absolute atomic E-state index is 11.5. The number of rotatable bonds is 2. The Morgan fingerprint density at radius 2 is 2.18 bits per heavy atom. The maximum Gasteiger partial charge on any atom is 0.361 e. The molecule has 2 N–H and O–H groups in total. The molecule has 0 aliphatic heterocycles. The number of fused-ring (bicyclic) bond motifs is 1. The summed E-state index contributed by atoms with van der Waals surface area (Å²) in [5.74, 6) is -0.355. The second kappa shape index (κ2) is 3.82. The van der Waals surface area contributed by atoms with Gasteiger partial charge in [0.25, 0.3) is 0 Å². The summed E-state index contributed by atoms with van der Waals surface area (Å²) in [6, 6.07) is 4.80. The van der Waals surface area contributed by atoms with Crippen LogP contribution < -0.4 is 11.0 Å². The molecular formula is C11H11N3O3. The van der Waals surface area contributed by atoms with Crippen LogP contribution in [0.3, 0.4) is 0 Å². The van der Waals surface area contributed by atoms with Crippen LogP contribution in [0.1, 0.15) is 0 Å². The Morgan fingerprint density at radius 1 is 1.47 bits per heavy atom. The van der Waals surface area contributed by atoms with E-state index in [2.05, 4.69) is 11.9 Å². The Hall–Kier alpha value is -2.50. The second-order valence-corrected chi connectivity index (χ2v) is 3.55. The Labute approximate surface area is 96.4 Å². The molecule has 0 atom stereocenters. The highest BCUT2D eigenvalue weighted by molar-refractivity contribution is 5.99. The summed E-state index contributed by atoms with van der Waals surface area (Å²) in [6.45, 7) is 3.33. The Bertz CT molecular complexity index is 666. The van der Waals surface area contributed by atoms with Crippen molar-refractivity contribution in [1.82, 2.24) is 9.30 Å². The van der Waals surface area contributed by atoms with E-state index in [1.807, 2.05) is 0 Å². The highest BCUT2D eigenvalue weighted by Gasteiger charge is 2.10. The van der Waals surface area contributed by atoms with E-state index in [0.29, 0.717) is 21.5 Å². The van der Waals surface area contributed by atoms with Crippen molar-refractivity contribution in [2.75, 3.05) is 5.32 Å². The minimum Gasteiger partial charge on any atom is -0.424 e. The summed E-state index contributed by atoms with van der Waals surface area (Å²) >= 11 is 0. The Morgan fingerprint density at radius 3 is 2.82 bits per heavy atom. The summed E-state index contributed by atoms with van der Waals surface area (Å²) in [6.07, 6.45) is 1.14. The van der Waals surface area contributed by atoms with Crippen LogP contribution >= 0.6 is 0 Å². The van der Waals surface area contributed by atoms with Crippen molar-refractivity contribution in [3.8, 4) is 0 Å². The van der Waals surface area contributed by atoms with Crippen LogP contribution in [0.2, 0.25) is 0 Å². The molecule has 17 heavy (non-hydrogen) atoms. The van der Waals surface area contributed by atoms with Gasteiger partial charge in [-0.2, -0.15) is 0 Å². The maximum atomic E-state index is 11.5. The summed E-state index contributed by atoms with van der Waals surface area (Å²) in [4.78, 5) is 22.6. The van der Waals surface area contributed by atoms with Gasteiger partial charge in [-0.25, -0.2) is 4.79 Å². The molecule has 6 heteroatoms. The molecule has 0 spiro atoms. The number of aromatic nitrogens is 2. The number of nitrogens with one attached hydrogen (secondary N) is 1. The summed E-state index contributed by atoms with van der Waals surface area (Å²) in [7, 11) is 1.55. The predicted octanol–water partition coefficient (Wildman–Crippen LogP) is 0.702. The molecule has 0 saturated heterocycles. The van der Waals surface area contributed by atoms with Gasteiger partial charge in [-0.15, -0.1) is 4.73 Å². The lowest BCUT2D eigenvalue weighted by Gasteiger charge is -2.02. The van der Waals surface area contributed by atoms with E-state index < -0.39 is 5.69 Å². The van der Waals surface area contributed by atoms with Crippen LogP contribution in [0.4, 0.5) is 5.69 Å². The fourth-order valence-electron chi connectivity index (χ4n) is 1.60. The van der Waals surface area contributed by atoms with Crippen molar-refractivity contribution in [1.29, 1.82) is 0 Å². The van der Waals surface area contributed by atoms with Gasteiger partial charge in [-0.05, 0) is 24.3 Å². The third-order valence-electron chi connectivity index (χ3n) is 2.49. The second-order valence-electron chi connectivity index (χ2n) is 3.55. The first kappa shape index (κ1) is 11.0. The van der Waals surface area contributed by atoms with E-state index in [9.17, 15) is 14.8 Å². The number of benzene rings is 1. The molecule has 0 bridgehead atoms. The molecule has 0 unspecified atom stereocenters. The number of amides is 1. The quantitative estimate of drug-likeness (QED) is 0.592. The van der Waals surface area contributed by atoms with Gasteiger partial charge in [0.1, 0.15) is 5.52 Å². The van der Waals surface area contributed by atoms with E-state index in [-0.39, 0.29) is 5.91 Å². The minimum atomic E-state index is -0.535. The van der Waals surface area contributed by atoms with Gasteiger partial charge in [-0.3, -0.25) is 9.36 Å². The van der Waals surface area contributed by atoms with Gasteiger partial charge in [0.2, 0.25) is 5.91 Å². The fourth-order valence-corrected chi connectivity index (χ4v) is 1.60. The normalized spacial score (nSPS) is 10.4. The number of nitrogens with zero attached hydrogens (tertiary/aromatic N) is 2. The lowest BCUT2D eigenvalue weighted by molar-refractivity contribution is -0.111. The van der Waals surface area contributed by atoms with Crippen LogP contribution in [0.15, 0.2) is 35.6 Å². The number of hydrogen-bond donors (Lipinski definition) is 2. The number of hydrogen-bond acceptors (Lipinski definition) is 3. The molecule has 1 aromatic carbocycles. The van der Waals surface area contributed by atoms with Crippen LogP contribution in [-0.2, 0) is 11.8 Å². The molecule has 88 valence electrons. The van der Waals surface area contributed by atoms with Crippen LogP contribution in [0.5, 0.6) is 0 Å². The third kappa shape index (κ3) is 1.69. The topological polar surface area (TPSA) is 76.3 Å². The highest BCUT2D eigenvalue weighted by atomic mass is 16.5. The lowest BCUT2D eigenvalue weighted by atomic mass is 10.2. The average molecular weight is 233 g/mol. The summed E-state index contributed by atoms with van der Waals surface area (Å²) in [5.41, 5.74) is 0.858. The van der Waals surface area contributed by atoms with Gasteiger partial charge in [-0.1, -0.05) is 6.58 Å². The fraction of sp³-hybridized carbons (Fsp3) is 0.0909. The molecule has 0 aliphatic carbocycles. The highest BCUT2D eigenvalue weighted by Crippen LogP contribution is 2.17. The van der Waals surface area contributed by atoms with Crippen molar-refractivity contribution >= 4 is 22.6 Å². The van der Waals surface area contributed by atoms with E-state index >= 15 is 0 Å². The summed E-state index contributed by atoms with van der Waals surface area (Å²) in [5, 5.41) is 12.1. The van der Waals surface area contributed by atoms with E-state index in [1.165, 1.54) is 10.6 Å². The van der Waals surface area contributed by atoms with Gasteiger partial charge in [0.05, 0.1) is 5.52 Å². The minimum absolute atomic E-state index is 0.333. The third-order valence-corrected chi connectivity index (χ3v) is 2.49. The number of carbonyl (C=O) groups excluding carboxylic acids is 1. The van der Waals surface area contributed by atoms with Crippen LogP contribution in [0, 0.1) is 0 Å². The largest absolute Gasteiger partial charge is 0.424 e. The monoisotopic (exact) mass is 233 g/mol. The smallest absolute Gasteiger partial charge is 0.361 e. The molecule has 0 aliphatic rings. The van der Waals surface area contributed by atoms with Crippen molar-refractivity contribution in [3.05, 3.63) is 41.3 Å². The SMILES string of the molecule is C=CC(=O)Nc1ccc2c(c1)n(O)c(=O)n2C. The van der Waals surface area contributed by atoms with Crippen molar-refractivity contribution in [3.63, 3.8) is 0 Å². The molecule has 0 fully saturated rings. The zero-order chi connectivity index (χ0) is 12.6. The van der Waals surface area contributed by atoms with Gasteiger partial charge < -0.3 is 10.5 Å². The molecule has 2 aromatic rings. The molecule has 1 amide bonds. The molecule has 0 radical (unpaired) electrons. The zero-order valence-corrected chi connectivity index (χ0v) is 9.17. The van der Waals surface area contributed by atoms with Gasteiger partial charge in [0, 0.05) is 12.7 Å². The standard InChI is InChI=1S/C11H11N3O3/c1-3-10(15)12-7-4-5-8-9(6-7)14(17)11(16)13(8)2/h3-6,17H,1H2,2H3,(H,12,15). The van der Waals surface area contributed by atoms with E-state index in [1.54, 1.807) is 19.2 Å². The van der Waals surface area contributed by atoms with E-state index in [4.69, 9.17) is 0 Å². The number of imidazole rings is 1. The van der Waals surface area contributed by atoms with E-state index in [0.717, 1.165) is 6.08 Å². The van der Waals surface area contributed by atoms with Gasteiger partial charge in [0.15, 0.2) is 0 Å². The predicted molar refractivity (Wildman–Crippen MR) is 63.2 cm³/mol. The molecule has 1 heterocycles. The van der Waals surface area contributed by atoms with Crippen molar-refractivity contribution < 1.29 is 10.0 Å². The van der Waals surface area contributed by atoms with Crippen molar-refractivity contribution in [2.24, 2.45) is 7.05 Å². The first-order valence-corrected chi connectivity index (χ1v) is 4.88. The molecule has 6 nitrogen and oxygen atoms in total. The first-order valence-electron chi connectivity index (χ1n) is 4.88. The number of anilines is 1. The van der Waals surface area contributed by atoms with Gasteiger partial charge >= 0.3 is 5.69 Å². The van der Waals surface area contributed by atoms with Crippen LogP contribution in [-0.4, -0.2) is 20.4 Å². The molecule has 1 aromatic heterocycles. The van der Waals surface area contributed by atoms with Crippen molar-refractivity contribution in [2.45, 2.75) is 0 Å².